The number of ether oxygens (including phenoxy) is 2. The number of rotatable bonds is 4. The number of halogens is 2. The Hall–Kier alpha value is -1.69. The Kier molecular flexibility index (Phi) is 4.31. The third-order valence-electron chi connectivity index (χ3n) is 3.25. The first-order valence-corrected chi connectivity index (χ1v) is 5.95. The quantitative estimate of drug-likeness (QED) is 0.848. The van der Waals surface area contributed by atoms with Crippen LogP contribution in [0.15, 0.2) is 24.3 Å². The first-order chi connectivity index (χ1) is 9.13. The molecular weight excluding hydrogens is 256 g/mol. The summed E-state index contributed by atoms with van der Waals surface area (Å²) in [6.45, 7) is -1.88. The number of hydrogen-bond acceptors (Lipinski definition) is 4. The van der Waals surface area contributed by atoms with Crippen LogP contribution in [0.3, 0.4) is 0 Å². The van der Waals surface area contributed by atoms with E-state index in [0.29, 0.717) is 18.7 Å². The molecule has 4 nitrogen and oxygen atoms in total. The molecule has 0 bridgehead atoms. The highest BCUT2D eigenvalue weighted by Crippen LogP contribution is 2.35. The van der Waals surface area contributed by atoms with Gasteiger partial charge in [0.05, 0.1) is 13.0 Å². The lowest BCUT2D eigenvalue weighted by molar-refractivity contribution is -0.145. The molecule has 2 rings (SSSR count). The standard InChI is InChI=1S/C13H15F2NO3/c1-18-12(17)10-7-16-6-9(10)8-4-2-3-5-11(8)19-13(14)15/h2-5,9-10,13,16H,6-7H2,1H3. The predicted molar refractivity (Wildman–Crippen MR) is 64.2 cm³/mol. The Bertz CT molecular complexity index is 453. The molecule has 6 heteroatoms. The van der Waals surface area contributed by atoms with Gasteiger partial charge in [-0.25, -0.2) is 0 Å². The summed E-state index contributed by atoms with van der Waals surface area (Å²) in [6, 6.07) is 6.54. The lowest BCUT2D eigenvalue weighted by Gasteiger charge is -2.19. The summed E-state index contributed by atoms with van der Waals surface area (Å²) in [6.07, 6.45) is 0. The SMILES string of the molecule is COC(=O)C1CNCC1c1ccccc1OC(F)F. The van der Waals surface area contributed by atoms with Gasteiger partial charge in [0.1, 0.15) is 5.75 Å². The van der Waals surface area contributed by atoms with E-state index in [0.717, 1.165) is 0 Å². The Morgan fingerprint density at radius 3 is 2.79 bits per heavy atom. The highest BCUT2D eigenvalue weighted by molar-refractivity contribution is 5.74. The fraction of sp³-hybridized carbons (Fsp3) is 0.462. The third-order valence-corrected chi connectivity index (χ3v) is 3.25. The van der Waals surface area contributed by atoms with Crippen molar-refractivity contribution < 1.29 is 23.0 Å². The number of para-hydroxylation sites is 1. The van der Waals surface area contributed by atoms with E-state index in [9.17, 15) is 13.6 Å². The van der Waals surface area contributed by atoms with Crippen LogP contribution < -0.4 is 10.1 Å². The van der Waals surface area contributed by atoms with E-state index in [2.05, 4.69) is 10.1 Å². The molecule has 0 spiro atoms. The molecule has 1 aromatic carbocycles. The average Bonchev–Trinajstić information content (AvgIpc) is 2.87. The Labute approximate surface area is 109 Å². The van der Waals surface area contributed by atoms with Crippen molar-refractivity contribution in [1.29, 1.82) is 0 Å². The van der Waals surface area contributed by atoms with Crippen LogP contribution >= 0.6 is 0 Å². The maximum absolute atomic E-state index is 12.4. The Balaban J connectivity index is 2.27. The van der Waals surface area contributed by atoms with Crippen LogP contribution in [0, 0.1) is 5.92 Å². The monoisotopic (exact) mass is 271 g/mol. The number of carbonyl (C=O) groups excluding carboxylic acids is 1. The summed E-state index contributed by atoms with van der Waals surface area (Å²) in [7, 11) is 1.32. The van der Waals surface area contributed by atoms with Gasteiger partial charge in [0.15, 0.2) is 0 Å². The molecule has 19 heavy (non-hydrogen) atoms. The van der Waals surface area contributed by atoms with Crippen LogP contribution in [0.2, 0.25) is 0 Å². The number of esters is 1. The van der Waals surface area contributed by atoms with Gasteiger partial charge in [-0.1, -0.05) is 18.2 Å². The van der Waals surface area contributed by atoms with E-state index in [1.807, 2.05) is 0 Å². The molecule has 0 amide bonds. The van der Waals surface area contributed by atoms with Gasteiger partial charge in [0.25, 0.3) is 0 Å². The zero-order valence-corrected chi connectivity index (χ0v) is 10.4. The summed E-state index contributed by atoms with van der Waals surface area (Å²) < 4.78 is 34.0. The number of hydrogen-bond donors (Lipinski definition) is 1. The number of nitrogens with one attached hydrogen (secondary N) is 1. The normalized spacial score (nSPS) is 22.5. The summed E-state index contributed by atoms with van der Waals surface area (Å²) >= 11 is 0. The molecule has 1 aliphatic rings. The molecule has 104 valence electrons. The smallest absolute Gasteiger partial charge is 0.387 e. The molecule has 2 unspecified atom stereocenters. The van der Waals surface area contributed by atoms with Gasteiger partial charge in [0, 0.05) is 19.0 Å². The molecule has 1 fully saturated rings. The van der Waals surface area contributed by atoms with Gasteiger partial charge in [-0.05, 0) is 11.6 Å². The fourth-order valence-electron chi connectivity index (χ4n) is 2.39. The van der Waals surface area contributed by atoms with Crippen LogP contribution in [0.1, 0.15) is 11.5 Å². The van der Waals surface area contributed by atoms with Crippen molar-refractivity contribution in [3.8, 4) is 5.75 Å². The second-order valence-electron chi connectivity index (χ2n) is 4.31. The van der Waals surface area contributed by atoms with Crippen molar-refractivity contribution in [2.75, 3.05) is 20.2 Å². The molecular formula is C13H15F2NO3. The van der Waals surface area contributed by atoms with Crippen LogP contribution in [0.5, 0.6) is 5.75 Å². The van der Waals surface area contributed by atoms with E-state index < -0.39 is 6.61 Å². The minimum absolute atomic E-state index is 0.111. The van der Waals surface area contributed by atoms with E-state index in [1.165, 1.54) is 13.2 Å². The first kappa shape index (κ1) is 13.7. The molecule has 1 heterocycles. The number of carbonyl (C=O) groups is 1. The third kappa shape index (κ3) is 3.01. The van der Waals surface area contributed by atoms with Gasteiger partial charge < -0.3 is 14.8 Å². The van der Waals surface area contributed by atoms with Crippen LogP contribution in [0.4, 0.5) is 8.78 Å². The summed E-state index contributed by atoms with van der Waals surface area (Å²) in [5.74, 6) is -0.836. The first-order valence-electron chi connectivity index (χ1n) is 5.95. The molecule has 0 aliphatic carbocycles. The van der Waals surface area contributed by atoms with Crippen molar-refractivity contribution in [1.82, 2.24) is 5.32 Å². The Morgan fingerprint density at radius 2 is 2.11 bits per heavy atom. The van der Waals surface area contributed by atoms with Gasteiger partial charge in [0.2, 0.25) is 0 Å². The number of alkyl halides is 2. The molecule has 1 aromatic rings. The van der Waals surface area contributed by atoms with Gasteiger partial charge >= 0.3 is 12.6 Å². The largest absolute Gasteiger partial charge is 0.469 e. The molecule has 1 N–H and O–H groups in total. The lowest BCUT2D eigenvalue weighted by atomic mass is 9.88. The topological polar surface area (TPSA) is 47.6 Å². The minimum atomic E-state index is -2.88. The fourth-order valence-corrected chi connectivity index (χ4v) is 2.39. The van der Waals surface area contributed by atoms with E-state index >= 15 is 0 Å². The van der Waals surface area contributed by atoms with Crippen molar-refractivity contribution in [2.24, 2.45) is 5.92 Å². The summed E-state index contributed by atoms with van der Waals surface area (Å²) in [4.78, 5) is 11.7. The van der Waals surface area contributed by atoms with E-state index in [4.69, 9.17) is 4.74 Å². The van der Waals surface area contributed by atoms with Crippen molar-refractivity contribution >= 4 is 5.97 Å². The van der Waals surface area contributed by atoms with Crippen molar-refractivity contribution in [3.63, 3.8) is 0 Å². The Morgan fingerprint density at radius 1 is 1.37 bits per heavy atom. The molecule has 0 saturated carbocycles. The zero-order valence-electron chi connectivity index (χ0n) is 10.4. The molecule has 0 aromatic heterocycles. The van der Waals surface area contributed by atoms with Crippen LogP contribution in [-0.2, 0) is 9.53 Å². The second-order valence-corrected chi connectivity index (χ2v) is 4.31. The molecule has 2 atom stereocenters. The van der Waals surface area contributed by atoms with Crippen molar-refractivity contribution in [3.05, 3.63) is 29.8 Å². The highest BCUT2D eigenvalue weighted by atomic mass is 19.3. The van der Waals surface area contributed by atoms with Gasteiger partial charge in [-0.3, -0.25) is 4.79 Å². The number of benzene rings is 1. The maximum atomic E-state index is 12.4. The summed E-state index contributed by atoms with van der Waals surface area (Å²) in [5.41, 5.74) is 0.600. The molecule has 0 radical (unpaired) electrons. The minimum Gasteiger partial charge on any atom is -0.469 e. The van der Waals surface area contributed by atoms with Crippen LogP contribution in [-0.4, -0.2) is 32.8 Å². The van der Waals surface area contributed by atoms with E-state index in [-0.39, 0.29) is 23.6 Å². The lowest BCUT2D eigenvalue weighted by Crippen LogP contribution is -2.23. The maximum Gasteiger partial charge on any atom is 0.387 e. The molecule has 1 saturated heterocycles. The van der Waals surface area contributed by atoms with Gasteiger partial charge in [-0.15, -0.1) is 0 Å². The van der Waals surface area contributed by atoms with Crippen LogP contribution in [0.25, 0.3) is 0 Å². The van der Waals surface area contributed by atoms with Crippen molar-refractivity contribution in [2.45, 2.75) is 12.5 Å². The van der Waals surface area contributed by atoms with E-state index in [1.54, 1.807) is 18.2 Å². The zero-order chi connectivity index (χ0) is 13.8. The molecule has 1 aliphatic heterocycles. The number of methoxy groups -OCH3 is 1. The average molecular weight is 271 g/mol. The van der Waals surface area contributed by atoms with Gasteiger partial charge in [-0.2, -0.15) is 8.78 Å². The predicted octanol–water partition coefficient (Wildman–Crippen LogP) is 1.76. The second kappa shape index (κ2) is 5.97. The summed E-state index contributed by atoms with van der Waals surface area (Å²) in [5, 5.41) is 3.07. The highest BCUT2D eigenvalue weighted by Gasteiger charge is 2.36.